The highest BCUT2D eigenvalue weighted by molar-refractivity contribution is 5.80. The SMILES string of the molecule is Cc1ncccc1OCC(=O)N1CCC(C(=O)NN)CC1. The van der Waals surface area contributed by atoms with Crippen LogP contribution in [0.25, 0.3) is 0 Å². The fraction of sp³-hybridized carbons (Fsp3) is 0.500. The third kappa shape index (κ3) is 3.91. The van der Waals surface area contributed by atoms with Crippen molar-refractivity contribution in [1.82, 2.24) is 15.3 Å². The number of carbonyl (C=O) groups excluding carboxylic acids is 2. The van der Waals surface area contributed by atoms with Gasteiger partial charge in [0, 0.05) is 25.2 Å². The minimum absolute atomic E-state index is 0.0136. The van der Waals surface area contributed by atoms with Crippen molar-refractivity contribution in [3.63, 3.8) is 0 Å². The lowest BCUT2D eigenvalue weighted by molar-refractivity contribution is -0.137. The largest absolute Gasteiger partial charge is 0.482 e. The van der Waals surface area contributed by atoms with E-state index in [1.807, 2.05) is 6.92 Å². The molecule has 3 N–H and O–H groups in total. The summed E-state index contributed by atoms with van der Waals surface area (Å²) in [6, 6.07) is 3.55. The van der Waals surface area contributed by atoms with Gasteiger partial charge in [0.25, 0.3) is 5.91 Å². The third-order valence-corrected chi connectivity index (χ3v) is 3.67. The first-order valence-electron chi connectivity index (χ1n) is 6.94. The standard InChI is InChI=1S/C14H20N4O3/c1-10-12(3-2-6-16-10)21-9-13(19)18-7-4-11(5-8-18)14(20)17-15/h2-3,6,11H,4-5,7-9,15H2,1H3,(H,17,20). The normalized spacial score (nSPS) is 15.6. The van der Waals surface area contributed by atoms with Crippen LogP contribution < -0.4 is 16.0 Å². The van der Waals surface area contributed by atoms with Crippen LogP contribution in [0, 0.1) is 12.8 Å². The highest BCUT2D eigenvalue weighted by atomic mass is 16.5. The second kappa shape index (κ2) is 7.03. The Hall–Kier alpha value is -2.15. The van der Waals surface area contributed by atoms with Gasteiger partial charge in [-0.1, -0.05) is 0 Å². The third-order valence-electron chi connectivity index (χ3n) is 3.67. The lowest BCUT2D eigenvalue weighted by atomic mass is 9.96. The first kappa shape index (κ1) is 15.2. The van der Waals surface area contributed by atoms with E-state index in [4.69, 9.17) is 10.6 Å². The Morgan fingerprint density at radius 3 is 2.81 bits per heavy atom. The topological polar surface area (TPSA) is 97.5 Å². The summed E-state index contributed by atoms with van der Waals surface area (Å²) in [5, 5.41) is 0. The Kier molecular flexibility index (Phi) is 5.10. The molecular formula is C14H20N4O3. The molecule has 7 heteroatoms. The molecule has 0 unspecified atom stereocenters. The number of aryl methyl sites for hydroxylation is 1. The van der Waals surface area contributed by atoms with E-state index in [9.17, 15) is 9.59 Å². The molecule has 1 aromatic heterocycles. The number of nitrogens with zero attached hydrogens (tertiary/aromatic N) is 2. The van der Waals surface area contributed by atoms with Crippen molar-refractivity contribution in [2.45, 2.75) is 19.8 Å². The molecule has 21 heavy (non-hydrogen) atoms. The number of carbonyl (C=O) groups is 2. The number of piperidine rings is 1. The lowest BCUT2D eigenvalue weighted by Gasteiger charge is -2.31. The zero-order valence-electron chi connectivity index (χ0n) is 12.0. The second-order valence-corrected chi connectivity index (χ2v) is 5.04. The molecule has 114 valence electrons. The monoisotopic (exact) mass is 292 g/mol. The van der Waals surface area contributed by atoms with Crippen LogP contribution in [0.4, 0.5) is 0 Å². The number of hydrogen-bond donors (Lipinski definition) is 2. The smallest absolute Gasteiger partial charge is 0.260 e. The van der Waals surface area contributed by atoms with Gasteiger partial charge in [-0.25, -0.2) is 5.84 Å². The predicted molar refractivity (Wildman–Crippen MR) is 76.1 cm³/mol. The maximum Gasteiger partial charge on any atom is 0.260 e. The molecule has 1 aromatic rings. The summed E-state index contributed by atoms with van der Waals surface area (Å²) in [6.45, 7) is 2.91. The maximum atomic E-state index is 12.1. The number of pyridine rings is 1. The summed E-state index contributed by atoms with van der Waals surface area (Å²) in [6.07, 6.45) is 2.93. The van der Waals surface area contributed by atoms with Crippen LogP contribution in [0.5, 0.6) is 5.75 Å². The van der Waals surface area contributed by atoms with Gasteiger partial charge in [-0.05, 0) is 31.9 Å². The van der Waals surface area contributed by atoms with Gasteiger partial charge in [0.2, 0.25) is 5.91 Å². The molecule has 0 aromatic carbocycles. The summed E-state index contributed by atoms with van der Waals surface area (Å²) in [5.41, 5.74) is 2.91. The quantitative estimate of drug-likeness (QED) is 0.462. The minimum atomic E-state index is -0.163. The second-order valence-electron chi connectivity index (χ2n) is 5.04. The van der Waals surface area contributed by atoms with Crippen LogP contribution in [-0.4, -0.2) is 41.4 Å². The molecule has 1 aliphatic heterocycles. The minimum Gasteiger partial charge on any atom is -0.482 e. The van der Waals surface area contributed by atoms with Crippen molar-refractivity contribution in [2.24, 2.45) is 11.8 Å². The molecule has 0 spiro atoms. The van der Waals surface area contributed by atoms with Gasteiger partial charge in [-0.2, -0.15) is 0 Å². The first-order valence-corrected chi connectivity index (χ1v) is 6.94. The summed E-state index contributed by atoms with van der Waals surface area (Å²) in [4.78, 5) is 29.3. The summed E-state index contributed by atoms with van der Waals surface area (Å²) in [5.74, 6) is 5.38. The molecule has 1 aliphatic rings. The number of ether oxygens (including phenoxy) is 1. The van der Waals surface area contributed by atoms with E-state index < -0.39 is 0 Å². The van der Waals surface area contributed by atoms with Crippen LogP contribution in [-0.2, 0) is 9.59 Å². The Morgan fingerprint density at radius 1 is 1.48 bits per heavy atom. The summed E-state index contributed by atoms with van der Waals surface area (Å²) < 4.78 is 5.49. The van der Waals surface area contributed by atoms with Crippen LogP contribution in [0.15, 0.2) is 18.3 Å². The van der Waals surface area contributed by atoms with Gasteiger partial charge in [-0.3, -0.25) is 20.0 Å². The maximum absolute atomic E-state index is 12.1. The Labute approximate surface area is 123 Å². The van der Waals surface area contributed by atoms with Crippen LogP contribution in [0.2, 0.25) is 0 Å². The molecule has 2 amide bonds. The fourth-order valence-corrected chi connectivity index (χ4v) is 2.36. The molecular weight excluding hydrogens is 272 g/mol. The molecule has 0 aliphatic carbocycles. The molecule has 1 saturated heterocycles. The van der Waals surface area contributed by atoms with Gasteiger partial charge in [-0.15, -0.1) is 0 Å². The molecule has 0 radical (unpaired) electrons. The van der Waals surface area contributed by atoms with Crippen LogP contribution in [0.1, 0.15) is 18.5 Å². The number of hydrazine groups is 1. The predicted octanol–water partition coefficient (Wildman–Crippen LogP) is -0.00268. The van der Waals surface area contributed by atoms with Crippen molar-refractivity contribution in [3.8, 4) is 5.75 Å². The number of nitrogens with two attached hydrogens (primary N) is 1. The average molecular weight is 292 g/mol. The van der Waals surface area contributed by atoms with Crippen molar-refractivity contribution in [1.29, 1.82) is 0 Å². The summed E-state index contributed by atoms with van der Waals surface area (Å²) >= 11 is 0. The Bertz CT molecular complexity index is 513. The average Bonchev–Trinajstić information content (AvgIpc) is 2.53. The number of hydrogen-bond acceptors (Lipinski definition) is 5. The molecule has 2 heterocycles. The zero-order chi connectivity index (χ0) is 15.2. The van der Waals surface area contributed by atoms with Gasteiger partial charge >= 0.3 is 0 Å². The summed E-state index contributed by atoms with van der Waals surface area (Å²) in [7, 11) is 0. The van der Waals surface area contributed by atoms with Crippen molar-refractivity contribution >= 4 is 11.8 Å². The number of amides is 2. The molecule has 0 bridgehead atoms. The molecule has 0 atom stereocenters. The Morgan fingerprint density at radius 2 is 2.19 bits per heavy atom. The molecule has 7 nitrogen and oxygen atoms in total. The van der Waals surface area contributed by atoms with Crippen molar-refractivity contribution in [3.05, 3.63) is 24.0 Å². The molecule has 1 fully saturated rings. The van der Waals surface area contributed by atoms with E-state index in [0.717, 1.165) is 5.69 Å². The molecule has 2 rings (SSSR count). The fourth-order valence-electron chi connectivity index (χ4n) is 2.36. The van der Waals surface area contributed by atoms with Crippen LogP contribution >= 0.6 is 0 Å². The van der Waals surface area contributed by atoms with E-state index in [-0.39, 0.29) is 24.3 Å². The van der Waals surface area contributed by atoms with Crippen molar-refractivity contribution in [2.75, 3.05) is 19.7 Å². The van der Waals surface area contributed by atoms with Crippen molar-refractivity contribution < 1.29 is 14.3 Å². The number of aromatic nitrogens is 1. The lowest BCUT2D eigenvalue weighted by Crippen LogP contribution is -2.45. The first-order chi connectivity index (χ1) is 10.1. The van der Waals surface area contributed by atoms with Crippen LogP contribution in [0.3, 0.4) is 0 Å². The van der Waals surface area contributed by atoms with E-state index in [0.29, 0.717) is 31.7 Å². The van der Waals surface area contributed by atoms with E-state index in [1.54, 1.807) is 23.2 Å². The molecule has 0 saturated carbocycles. The van der Waals surface area contributed by atoms with E-state index in [2.05, 4.69) is 10.4 Å². The highest BCUT2D eigenvalue weighted by Gasteiger charge is 2.27. The van der Waals surface area contributed by atoms with Gasteiger partial charge < -0.3 is 9.64 Å². The van der Waals surface area contributed by atoms with Gasteiger partial charge in [0.05, 0.1) is 5.69 Å². The van der Waals surface area contributed by atoms with E-state index >= 15 is 0 Å². The number of rotatable bonds is 4. The van der Waals surface area contributed by atoms with E-state index in [1.165, 1.54) is 0 Å². The zero-order valence-corrected chi connectivity index (χ0v) is 12.0. The van der Waals surface area contributed by atoms with Gasteiger partial charge in [0.1, 0.15) is 5.75 Å². The Balaban J connectivity index is 1.80. The number of nitrogens with one attached hydrogen (secondary N) is 1. The number of likely N-dealkylation sites (tertiary alicyclic amines) is 1. The highest BCUT2D eigenvalue weighted by Crippen LogP contribution is 2.18. The van der Waals surface area contributed by atoms with Gasteiger partial charge in [0.15, 0.2) is 6.61 Å².